The quantitative estimate of drug-likeness (QED) is 0.502. The van der Waals surface area contributed by atoms with Crippen molar-refractivity contribution in [3.8, 4) is 6.07 Å². The molecule has 2 aliphatic carbocycles. The third kappa shape index (κ3) is 4.49. The third-order valence-corrected chi connectivity index (χ3v) is 10.5. The largest absolute Gasteiger partial charge is 0.399 e. The minimum Gasteiger partial charge on any atom is -0.337 e. The molecule has 4 amide bonds. The van der Waals surface area contributed by atoms with Crippen molar-refractivity contribution in [2.75, 3.05) is 18.4 Å². The number of benzene rings is 1. The molecular formula is C30H33ClF3N5O4. The minimum atomic E-state index is -4.26. The molecule has 1 aromatic rings. The molecule has 3 aliphatic heterocycles. The molecule has 0 radical (unpaired) electrons. The Morgan fingerprint density at radius 3 is 2.51 bits per heavy atom. The number of carbonyl (C=O) groups excluding carboxylic acids is 4. The Bertz CT molecular complexity index is 1440. The van der Waals surface area contributed by atoms with Crippen molar-refractivity contribution >= 4 is 40.9 Å². The van der Waals surface area contributed by atoms with E-state index in [9.17, 15) is 33.2 Å². The highest BCUT2D eigenvalue weighted by molar-refractivity contribution is 6.32. The number of amides is 4. The number of hydrogen-bond donors (Lipinski definition) is 2. The lowest BCUT2D eigenvalue weighted by Gasteiger charge is -2.38. The smallest absolute Gasteiger partial charge is 0.337 e. The van der Waals surface area contributed by atoms with Crippen molar-refractivity contribution in [1.29, 1.82) is 5.26 Å². The standard InChI is InChI=1S/C30H33ClF3N5O4/c1-28(2,3)23(37-27(43)30(31,33)34)25(41)38-12-17-14-8-16(19(32)9-14)21(17)22(38)24(40)39-13-29(10-15(39)11-35)18-6-4-5-7-20(18)36-26(29)42/h4-7,14-17,19,21-23H,8-10,12-13H2,1-3H3,(H,36,42)(H,37,43)/t14-,15-,16+,17?,19+,21-,22-,23+,29-/m0/s1. The number of nitriles is 1. The average molecular weight is 620 g/mol. The molecular weight excluding hydrogens is 587 g/mol. The number of alkyl halides is 4. The van der Waals surface area contributed by atoms with Crippen molar-refractivity contribution in [3.05, 3.63) is 29.8 Å². The summed E-state index contributed by atoms with van der Waals surface area (Å²) >= 11 is 4.95. The first-order valence-electron chi connectivity index (χ1n) is 14.5. The summed E-state index contributed by atoms with van der Waals surface area (Å²) in [6.45, 7) is 4.75. The first-order chi connectivity index (χ1) is 20.1. The Balaban J connectivity index is 1.37. The van der Waals surface area contributed by atoms with Crippen molar-refractivity contribution in [2.45, 2.75) is 75.1 Å². The number of likely N-dealkylation sites (tertiary alicyclic amines) is 2. The van der Waals surface area contributed by atoms with Gasteiger partial charge in [-0.15, -0.1) is 0 Å². The maximum Gasteiger partial charge on any atom is 0.399 e. The number of fused-ring (bicyclic) bond motifs is 7. The fourth-order valence-corrected chi connectivity index (χ4v) is 8.49. The molecule has 5 aliphatic rings. The van der Waals surface area contributed by atoms with Gasteiger partial charge in [0.2, 0.25) is 17.7 Å². The lowest BCUT2D eigenvalue weighted by atomic mass is 9.77. The first-order valence-corrected chi connectivity index (χ1v) is 14.9. The number of anilines is 1. The maximum atomic E-state index is 15.2. The Morgan fingerprint density at radius 1 is 1.16 bits per heavy atom. The van der Waals surface area contributed by atoms with Gasteiger partial charge in [-0.2, -0.15) is 14.0 Å². The second-order valence-electron chi connectivity index (χ2n) is 13.8. The van der Waals surface area contributed by atoms with E-state index in [1.54, 1.807) is 45.0 Å². The molecule has 9 nitrogen and oxygen atoms in total. The van der Waals surface area contributed by atoms with Crippen LogP contribution in [0.5, 0.6) is 0 Å². The van der Waals surface area contributed by atoms with Gasteiger partial charge in [0.05, 0.1) is 11.5 Å². The van der Waals surface area contributed by atoms with Gasteiger partial charge in [-0.3, -0.25) is 19.2 Å². The van der Waals surface area contributed by atoms with Crippen LogP contribution < -0.4 is 10.6 Å². The van der Waals surface area contributed by atoms with Crippen LogP contribution in [-0.2, 0) is 24.6 Å². The topological polar surface area (TPSA) is 123 Å². The molecule has 1 aromatic carbocycles. The summed E-state index contributed by atoms with van der Waals surface area (Å²) in [5.74, 6) is -4.79. The highest BCUT2D eigenvalue weighted by atomic mass is 35.5. The molecule has 2 N–H and O–H groups in total. The van der Waals surface area contributed by atoms with E-state index in [2.05, 4.69) is 16.7 Å². The maximum absolute atomic E-state index is 15.2. The molecule has 230 valence electrons. The summed E-state index contributed by atoms with van der Waals surface area (Å²) in [7, 11) is 0. The molecule has 43 heavy (non-hydrogen) atoms. The van der Waals surface area contributed by atoms with Crippen LogP contribution in [0.4, 0.5) is 18.9 Å². The second kappa shape index (κ2) is 9.84. The zero-order valence-electron chi connectivity index (χ0n) is 24.0. The van der Waals surface area contributed by atoms with Gasteiger partial charge < -0.3 is 20.4 Å². The van der Waals surface area contributed by atoms with E-state index in [0.717, 1.165) is 0 Å². The predicted molar refractivity (Wildman–Crippen MR) is 148 cm³/mol. The van der Waals surface area contributed by atoms with Gasteiger partial charge in [-0.05, 0) is 65.2 Å². The van der Waals surface area contributed by atoms with Crippen LogP contribution in [-0.4, -0.2) is 76.2 Å². The fraction of sp³-hybridized carbons (Fsp3) is 0.633. The molecule has 3 heterocycles. The van der Waals surface area contributed by atoms with E-state index in [4.69, 9.17) is 11.6 Å². The molecule has 2 saturated heterocycles. The van der Waals surface area contributed by atoms with Gasteiger partial charge in [0.1, 0.15) is 24.3 Å². The number of hydrogen-bond acceptors (Lipinski definition) is 5. The van der Waals surface area contributed by atoms with Crippen molar-refractivity contribution in [3.63, 3.8) is 0 Å². The number of carbonyl (C=O) groups is 4. The van der Waals surface area contributed by atoms with Crippen LogP contribution in [0.15, 0.2) is 24.3 Å². The Kier molecular flexibility index (Phi) is 6.80. The van der Waals surface area contributed by atoms with Gasteiger partial charge in [0.25, 0.3) is 0 Å². The number of para-hydroxylation sites is 1. The van der Waals surface area contributed by atoms with E-state index in [0.29, 0.717) is 24.1 Å². The highest BCUT2D eigenvalue weighted by Gasteiger charge is 2.65. The SMILES string of the molecule is CC(C)(C)[C@H](NC(=O)C(F)(F)Cl)C(=O)N1CC2[C@H]3C[C@@H]([C@@H]2[C@H]1C(=O)N1C[C@]2(C[C@H]1C#N)C(=O)Nc1ccccc12)[C@H](F)C3. The monoisotopic (exact) mass is 619 g/mol. The number of nitrogens with zero attached hydrogens (tertiary/aromatic N) is 3. The number of halogens is 4. The van der Waals surface area contributed by atoms with Crippen LogP contribution in [0, 0.1) is 40.4 Å². The molecule has 13 heteroatoms. The second-order valence-corrected chi connectivity index (χ2v) is 14.2. The van der Waals surface area contributed by atoms with Crippen molar-refractivity contribution in [2.24, 2.45) is 29.1 Å². The molecule has 6 rings (SSSR count). The summed E-state index contributed by atoms with van der Waals surface area (Å²) in [5, 5.41) is 10.8. The average Bonchev–Trinajstić information content (AvgIpc) is 3.72. The van der Waals surface area contributed by atoms with E-state index in [1.165, 1.54) is 9.80 Å². The number of nitrogens with one attached hydrogen (secondary N) is 2. The van der Waals surface area contributed by atoms with Crippen LogP contribution in [0.1, 0.15) is 45.6 Å². The fourth-order valence-electron chi connectivity index (χ4n) is 8.43. The van der Waals surface area contributed by atoms with Crippen LogP contribution in [0.3, 0.4) is 0 Å². The molecule has 9 atom stereocenters. The summed E-state index contributed by atoms with van der Waals surface area (Å²) in [6, 6.07) is 5.58. The summed E-state index contributed by atoms with van der Waals surface area (Å²) in [6.07, 6.45) is -0.219. The number of rotatable bonds is 4. The molecule has 2 saturated carbocycles. The minimum absolute atomic E-state index is 0.0517. The van der Waals surface area contributed by atoms with Gasteiger partial charge in [-0.1, -0.05) is 39.0 Å². The van der Waals surface area contributed by atoms with Gasteiger partial charge in [-0.25, -0.2) is 4.39 Å². The Labute approximate surface area is 252 Å². The third-order valence-electron chi connectivity index (χ3n) is 10.4. The van der Waals surface area contributed by atoms with E-state index in [1.807, 2.05) is 0 Å². The lowest BCUT2D eigenvalue weighted by molar-refractivity contribution is -0.150. The van der Waals surface area contributed by atoms with Gasteiger partial charge >= 0.3 is 11.3 Å². The molecule has 1 unspecified atom stereocenters. The zero-order chi connectivity index (χ0) is 31.2. The molecule has 0 aromatic heterocycles. The summed E-state index contributed by atoms with van der Waals surface area (Å²) in [5.41, 5.74) is -0.941. The van der Waals surface area contributed by atoms with E-state index < -0.39 is 70.1 Å². The molecule has 1 spiro atoms. The van der Waals surface area contributed by atoms with Crippen molar-refractivity contribution in [1.82, 2.24) is 15.1 Å². The van der Waals surface area contributed by atoms with Crippen LogP contribution >= 0.6 is 11.6 Å². The molecule has 2 bridgehead atoms. The summed E-state index contributed by atoms with van der Waals surface area (Å²) < 4.78 is 42.5. The lowest BCUT2D eigenvalue weighted by Crippen LogP contribution is -2.60. The van der Waals surface area contributed by atoms with Crippen LogP contribution in [0.25, 0.3) is 0 Å². The zero-order valence-corrected chi connectivity index (χ0v) is 24.7. The highest BCUT2D eigenvalue weighted by Crippen LogP contribution is 2.59. The Morgan fingerprint density at radius 2 is 1.86 bits per heavy atom. The Hall–Kier alpha value is -3.33. The van der Waals surface area contributed by atoms with Crippen LogP contribution in [0.2, 0.25) is 0 Å². The summed E-state index contributed by atoms with van der Waals surface area (Å²) in [4.78, 5) is 56.9. The van der Waals surface area contributed by atoms with E-state index in [-0.39, 0.29) is 37.3 Å². The normalized spacial score (nSPS) is 35.0. The van der Waals surface area contributed by atoms with Gasteiger partial charge in [0.15, 0.2) is 0 Å². The van der Waals surface area contributed by atoms with Gasteiger partial charge in [0, 0.05) is 25.2 Å². The van der Waals surface area contributed by atoms with E-state index >= 15 is 4.39 Å². The molecule has 4 fully saturated rings. The van der Waals surface area contributed by atoms with Crippen molar-refractivity contribution < 1.29 is 32.3 Å². The predicted octanol–water partition coefficient (Wildman–Crippen LogP) is 3.18. The first kappa shape index (κ1) is 29.7.